The molecule has 0 aliphatic carbocycles. The van der Waals surface area contributed by atoms with E-state index in [4.69, 9.17) is 0 Å². The fraction of sp³-hybridized carbons (Fsp3) is 0.176. The van der Waals surface area contributed by atoms with Crippen LogP contribution < -0.4 is 0 Å². The van der Waals surface area contributed by atoms with Crippen LogP contribution in [0.25, 0.3) is 21.5 Å². The van der Waals surface area contributed by atoms with E-state index in [1.165, 1.54) is 33.5 Å². The topological polar surface area (TPSA) is 0 Å². The van der Waals surface area contributed by atoms with E-state index < -0.39 is 0 Å². The fourth-order valence-corrected chi connectivity index (χ4v) is 2.59. The molecule has 3 aromatic rings. The summed E-state index contributed by atoms with van der Waals surface area (Å²) in [6.07, 6.45) is 2.36. The van der Waals surface area contributed by atoms with Crippen LogP contribution in [0.2, 0.25) is 0 Å². The van der Waals surface area contributed by atoms with Crippen molar-refractivity contribution in [1.29, 1.82) is 0 Å². The summed E-state index contributed by atoms with van der Waals surface area (Å²) >= 11 is 0. The van der Waals surface area contributed by atoms with Crippen LogP contribution in [0.1, 0.15) is 18.9 Å². The first-order valence-electron chi connectivity index (χ1n) is 6.29. The van der Waals surface area contributed by atoms with Crippen molar-refractivity contribution in [1.82, 2.24) is 0 Å². The summed E-state index contributed by atoms with van der Waals surface area (Å²) in [5.74, 6) is 0. The van der Waals surface area contributed by atoms with Crippen molar-refractivity contribution >= 4 is 51.1 Å². The Bertz CT molecular complexity index is 671. The first-order valence-corrected chi connectivity index (χ1v) is 6.29. The minimum absolute atomic E-state index is 0. The van der Waals surface area contributed by atoms with Gasteiger partial charge in [0, 0.05) is 29.6 Å². The first-order chi connectivity index (χ1) is 8.40. The second-order valence-corrected chi connectivity index (χ2v) is 4.55. The Labute approximate surface area is 130 Å². The summed E-state index contributed by atoms with van der Waals surface area (Å²) in [6.45, 7) is 2.24. The quantitative estimate of drug-likeness (QED) is 0.457. The Hall–Kier alpha value is -0.820. The Morgan fingerprint density at radius 1 is 0.722 bits per heavy atom. The van der Waals surface area contributed by atoms with E-state index in [0.29, 0.717) is 0 Å². The van der Waals surface area contributed by atoms with Gasteiger partial charge in [0.2, 0.25) is 0 Å². The minimum Gasteiger partial charge on any atom is -0.0651 e. The molecule has 0 aliphatic rings. The zero-order valence-electron chi connectivity index (χ0n) is 11.1. The van der Waals surface area contributed by atoms with Crippen LogP contribution in [0, 0.1) is 0 Å². The molecule has 0 nitrogen and oxygen atoms in total. The van der Waals surface area contributed by atoms with Crippen LogP contribution in [-0.2, 0) is 6.42 Å². The molecule has 0 spiro atoms. The van der Waals surface area contributed by atoms with Crippen molar-refractivity contribution in [3.05, 3.63) is 60.2 Å². The van der Waals surface area contributed by atoms with E-state index in [2.05, 4.69) is 61.5 Å². The third kappa shape index (κ3) is 2.33. The smallest absolute Gasteiger partial charge is 0 e. The van der Waals surface area contributed by atoms with Crippen molar-refractivity contribution in [2.45, 2.75) is 19.8 Å². The van der Waals surface area contributed by atoms with Gasteiger partial charge in [-0.15, -0.1) is 0 Å². The molecule has 0 saturated heterocycles. The van der Waals surface area contributed by atoms with Gasteiger partial charge in [-0.25, -0.2) is 0 Å². The third-order valence-electron chi connectivity index (χ3n) is 3.40. The average molecular weight is 243 g/mol. The molecular weight excluding hydrogens is 227 g/mol. The average Bonchev–Trinajstić information content (AvgIpc) is 2.39. The fourth-order valence-electron chi connectivity index (χ4n) is 2.59. The molecular formula is C17H16Na. The molecule has 3 rings (SSSR count). The zero-order valence-corrected chi connectivity index (χ0v) is 13.1. The second kappa shape index (κ2) is 5.88. The molecule has 0 fully saturated rings. The molecule has 0 unspecified atom stereocenters. The number of hydrogen-bond donors (Lipinski definition) is 0. The second-order valence-electron chi connectivity index (χ2n) is 4.55. The first kappa shape index (κ1) is 13.6. The van der Waals surface area contributed by atoms with Crippen molar-refractivity contribution < 1.29 is 0 Å². The normalized spacial score (nSPS) is 10.5. The van der Waals surface area contributed by atoms with Crippen LogP contribution in [0.5, 0.6) is 0 Å². The summed E-state index contributed by atoms with van der Waals surface area (Å²) in [6, 6.07) is 19.8. The van der Waals surface area contributed by atoms with Gasteiger partial charge in [0.25, 0.3) is 0 Å². The Morgan fingerprint density at radius 3 is 2.33 bits per heavy atom. The number of aryl methyl sites for hydroxylation is 1. The summed E-state index contributed by atoms with van der Waals surface area (Å²) in [4.78, 5) is 0. The number of benzene rings is 3. The molecule has 0 bridgehead atoms. The van der Waals surface area contributed by atoms with Crippen molar-refractivity contribution in [2.24, 2.45) is 0 Å². The molecule has 0 N–H and O–H groups in total. The maximum atomic E-state index is 2.27. The Kier molecular flexibility index (Phi) is 4.45. The maximum absolute atomic E-state index is 2.27. The minimum atomic E-state index is 0. The van der Waals surface area contributed by atoms with Gasteiger partial charge < -0.3 is 0 Å². The van der Waals surface area contributed by atoms with Crippen molar-refractivity contribution in [2.75, 3.05) is 0 Å². The van der Waals surface area contributed by atoms with Crippen molar-refractivity contribution in [3.8, 4) is 0 Å². The standard InChI is InChI=1S/C17H16.Na/c1-2-6-13-8-5-10-17-15-9-4-3-7-14(15)11-12-16(13)17;/h3-5,7-12H,2,6H2,1H3;. The van der Waals surface area contributed by atoms with E-state index in [-0.39, 0.29) is 29.6 Å². The number of rotatable bonds is 2. The summed E-state index contributed by atoms with van der Waals surface area (Å²) in [5, 5.41) is 5.48. The van der Waals surface area contributed by atoms with E-state index in [9.17, 15) is 0 Å². The summed E-state index contributed by atoms with van der Waals surface area (Å²) in [7, 11) is 0. The third-order valence-corrected chi connectivity index (χ3v) is 3.40. The Balaban J connectivity index is 0.00000120. The predicted molar refractivity (Wildman–Crippen MR) is 81.2 cm³/mol. The van der Waals surface area contributed by atoms with Gasteiger partial charge in [-0.3, -0.25) is 0 Å². The molecule has 0 amide bonds. The molecule has 3 aromatic carbocycles. The monoisotopic (exact) mass is 243 g/mol. The maximum Gasteiger partial charge on any atom is 0 e. The van der Waals surface area contributed by atoms with E-state index in [0.717, 1.165) is 6.42 Å². The van der Waals surface area contributed by atoms with E-state index >= 15 is 0 Å². The van der Waals surface area contributed by atoms with Crippen molar-refractivity contribution in [3.63, 3.8) is 0 Å². The molecule has 0 saturated carbocycles. The molecule has 85 valence electrons. The van der Waals surface area contributed by atoms with Crippen LogP contribution in [0.3, 0.4) is 0 Å². The van der Waals surface area contributed by atoms with E-state index in [1.54, 1.807) is 0 Å². The van der Waals surface area contributed by atoms with Gasteiger partial charge in [0.05, 0.1) is 0 Å². The largest absolute Gasteiger partial charge is 0.0651 e. The van der Waals surface area contributed by atoms with E-state index in [1.807, 2.05) is 0 Å². The Morgan fingerprint density at radius 2 is 1.50 bits per heavy atom. The summed E-state index contributed by atoms with van der Waals surface area (Å²) < 4.78 is 0. The summed E-state index contributed by atoms with van der Waals surface area (Å²) in [5.41, 5.74) is 1.47. The molecule has 0 heterocycles. The SMILES string of the molecule is CCCc1cccc2c1ccc1ccccc12.[Na]. The number of hydrogen-bond acceptors (Lipinski definition) is 0. The van der Waals surface area contributed by atoms with Crippen LogP contribution in [0.4, 0.5) is 0 Å². The zero-order chi connectivity index (χ0) is 11.7. The number of fused-ring (bicyclic) bond motifs is 3. The van der Waals surface area contributed by atoms with Gasteiger partial charge in [0.15, 0.2) is 0 Å². The van der Waals surface area contributed by atoms with Gasteiger partial charge in [0.1, 0.15) is 0 Å². The van der Waals surface area contributed by atoms with Gasteiger partial charge in [-0.05, 0) is 33.5 Å². The molecule has 0 aromatic heterocycles. The predicted octanol–water partition coefficient (Wildman–Crippen LogP) is 4.56. The molecule has 1 heteroatoms. The molecule has 18 heavy (non-hydrogen) atoms. The van der Waals surface area contributed by atoms with Crippen LogP contribution in [0.15, 0.2) is 54.6 Å². The molecule has 0 atom stereocenters. The van der Waals surface area contributed by atoms with Crippen LogP contribution in [-0.4, -0.2) is 29.6 Å². The molecule has 0 aliphatic heterocycles. The molecule has 1 radical (unpaired) electrons. The van der Waals surface area contributed by atoms with Gasteiger partial charge >= 0.3 is 0 Å². The van der Waals surface area contributed by atoms with Crippen LogP contribution >= 0.6 is 0 Å². The van der Waals surface area contributed by atoms with Gasteiger partial charge in [-0.2, -0.15) is 0 Å². The van der Waals surface area contributed by atoms with Gasteiger partial charge in [-0.1, -0.05) is 67.9 Å².